The van der Waals surface area contributed by atoms with Gasteiger partial charge in [0, 0.05) is 29.8 Å². The summed E-state index contributed by atoms with van der Waals surface area (Å²) in [7, 11) is 1.82. The van der Waals surface area contributed by atoms with E-state index in [-0.39, 0.29) is 5.75 Å². The third kappa shape index (κ3) is 2.92. The topological polar surface area (TPSA) is 39.9 Å². The number of hydrogen-bond acceptors (Lipinski definition) is 4. The quantitative estimate of drug-likeness (QED) is 0.736. The Hall–Kier alpha value is -2.28. The molecular weight excluding hydrogens is 296 g/mol. The Morgan fingerprint density at radius 1 is 1.29 bits per heavy atom. The van der Waals surface area contributed by atoms with E-state index in [1.54, 1.807) is 29.1 Å². The molecule has 3 rings (SSSR count). The molecule has 2 heterocycles. The molecule has 0 amide bonds. The third-order valence-electron chi connectivity index (χ3n) is 2.84. The highest BCUT2D eigenvalue weighted by Crippen LogP contribution is 2.34. The van der Waals surface area contributed by atoms with Crippen LogP contribution in [0.4, 0.5) is 8.78 Å². The monoisotopic (exact) mass is 307 g/mol. The maximum atomic E-state index is 12.4. The second-order valence-electron chi connectivity index (χ2n) is 4.32. The van der Waals surface area contributed by atoms with Crippen LogP contribution in [0.3, 0.4) is 0 Å². The number of nitrogens with zero attached hydrogens (tertiary/aromatic N) is 3. The molecule has 7 heteroatoms. The van der Waals surface area contributed by atoms with Crippen molar-refractivity contribution in [2.24, 2.45) is 7.05 Å². The molecule has 0 aliphatic heterocycles. The summed E-state index contributed by atoms with van der Waals surface area (Å²) in [5.74, 6) is 0.121. The fourth-order valence-corrected chi connectivity index (χ4v) is 2.73. The van der Waals surface area contributed by atoms with Crippen LogP contribution in [-0.2, 0) is 7.05 Å². The molecule has 0 N–H and O–H groups in total. The first-order valence-electron chi connectivity index (χ1n) is 6.12. The zero-order valence-electron chi connectivity index (χ0n) is 11.0. The van der Waals surface area contributed by atoms with Gasteiger partial charge in [-0.25, -0.2) is 4.98 Å². The lowest BCUT2D eigenvalue weighted by molar-refractivity contribution is -0.0494. The highest BCUT2D eigenvalue weighted by Gasteiger charge is 2.14. The Bertz CT molecular complexity index is 754. The van der Waals surface area contributed by atoms with Gasteiger partial charge in [0.05, 0.1) is 11.9 Å². The van der Waals surface area contributed by atoms with Gasteiger partial charge < -0.3 is 4.74 Å². The van der Waals surface area contributed by atoms with Gasteiger partial charge in [-0.15, -0.1) is 11.3 Å². The van der Waals surface area contributed by atoms with Crippen LogP contribution in [0.25, 0.3) is 21.8 Å². The minimum absolute atomic E-state index is 0.121. The smallest absolute Gasteiger partial charge is 0.387 e. The minimum atomic E-state index is -2.86. The number of aromatic nitrogens is 3. The Morgan fingerprint density at radius 2 is 2.10 bits per heavy atom. The van der Waals surface area contributed by atoms with Gasteiger partial charge in [-0.2, -0.15) is 13.9 Å². The average molecular weight is 307 g/mol. The summed E-state index contributed by atoms with van der Waals surface area (Å²) in [5, 5.41) is 6.69. The second kappa shape index (κ2) is 5.61. The molecule has 3 aromatic rings. The van der Waals surface area contributed by atoms with Crippen molar-refractivity contribution in [3.63, 3.8) is 0 Å². The van der Waals surface area contributed by atoms with Crippen molar-refractivity contribution in [3.8, 4) is 27.6 Å². The molecule has 0 aliphatic rings. The van der Waals surface area contributed by atoms with Crippen LogP contribution < -0.4 is 4.74 Å². The number of halogens is 2. The lowest BCUT2D eigenvalue weighted by Gasteiger charge is -2.08. The van der Waals surface area contributed by atoms with E-state index in [4.69, 9.17) is 0 Å². The highest BCUT2D eigenvalue weighted by atomic mass is 32.1. The van der Waals surface area contributed by atoms with Crippen molar-refractivity contribution in [1.29, 1.82) is 0 Å². The number of hydrogen-bond donors (Lipinski definition) is 0. The van der Waals surface area contributed by atoms with Gasteiger partial charge in [0.2, 0.25) is 0 Å². The van der Waals surface area contributed by atoms with Gasteiger partial charge in [-0.3, -0.25) is 4.68 Å². The first-order valence-corrected chi connectivity index (χ1v) is 7.00. The van der Waals surface area contributed by atoms with Crippen molar-refractivity contribution in [1.82, 2.24) is 14.8 Å². The summed E-state index contributed by atoms with van der Waals surface area (Å²) >= 11 is 1.43. The fraction of sp³-hybridized carbons (Fsp3) is 0.143. The van der Waals surface area contributed by atoms with Crippen LogP contribution in [0, 0.1) is 0 Å². The molecule has 0 unspecified atom stereocenters. The lowest BCUT2D eigenvalue weighted by Crippen LogP contribution is -2.03. The number of thiazole rings is 1. The SMILES string of the molecule is Cn1cc(-c2nc(-c3ccccc3OC(F)F)cs2)cn1. The molecule has 0 saturated heterocycles. The molecule has 21 heavy (non-hydrogen) atoms. The molecule has 0 spiro atoms. The second-order valence-corrected chi connectivity index (χ2v) is 5.17. The van der Waals surface area contributed by atoms with Crippen molar-refractivity contribution in [2.45, 2.75) is 6.61 Å². The molecule has 2 aromatic heterocycles. The molecule has 4 nitrogen and oxygen atoms in total. The van der Waals surface area contributed by atoms with Crippen molar-refractivity contribution in [3.05, 3.63) is 42.0 Å². The number of para-hydroxylation sites is 1. The Balaban J connectivity index is 1.97. The fourth-order valence-electron chi connectivity index (χ4n) is 1.94. The van der Waals surface area contributed by atoms with E-state index >= 15 is 0 Å². The zero-order valence-corrected chi connectivity index (χ0v) is 11.8. The summed E-state index contributed by atoms with van der Waals surface area (Å²) in [6, 6.07) is 6.62. The van der Waals surface area contributed by atoms with E-state index in [1.165, 1.54) is 17.4 Å². The number of aryl methyl sites for hydroxylation is 1. The molecule has 0 bridgehead atoms. The first-order chi connectivity index (χ1) is 10.1. The standard InChI is InChI=1S/C14H11F2N3OS/c1-19-7-9(6-17-19)13-18-11(8-21-13)10-4-2-3-5-12(10)20-14(15)16/h2-8,14H,1H3. The van der Waals surface area contributed by atoms with Crippen LogP contribution in [0.5, 0.6) is 5.75 Å². The van der Waals surface area contributed by atoms with Crippen LogP contribution in [0.15, 0.2) is 42.0 Å². The van der Waals surface area contributed by atoms with Crippen molar-refractivity contribution >= 4 is 11.3 Å². The van der Waals surface area contributed by atoms with E-state index in [0.717, 1.165) is 10.6 Å². The first kappa shape index (κ1) is 13.7. The van der Waals surface area contributed by atoms with Gasteiger partial charge in [0.1, 0.15) is 10.8 Å². The average Bonchev–Trinajstić information content (AvgIpc) is 3.07. The lowest BCUT2D eigenvalue weighted by atomic mass is 10.1. The van der Waals surface area contributed by atoms with Crippen LogP contribution in [-0.4, -0.2) is 21.4 Å². The van der Waals surface area contributed by atoms with Crippen LogP contribution >= 0.6 is 11.3 Å². The van der Waals surface area contributed by atoms with E-state index < -0.39 is 6.61 Å². The highest BCUT2D eigenvalue weighted by molar-refractivity contribution is 7.13. The van der Waals surface area contributed by atoms with Gasteiger partial charge in [0.15, 0.2) is 0 Å². The molecule has 1 aromatic carbocycles. The summed E-state index contributed by atoms with van der Waals surface area (Å²) in [5.41, 5.74) is 2.04. The molecule has 0 fully saturated rings. The summed E-state index contributed by atoms with van der Waals surface area (Å²) in [6.07, 6.45) is 3.56. The maximum Gasteiger partial charge on any atom is 0.387 e. The van der Waals surface area contributed by atoms with Crippen LogP contribution in [0.2, 0.25) is 0 Å². The molecule has 108 valence electrons. The van der Waals surface area contributed by atoms with Gasteiger partial charge in [0.25, 0.3) is 0 Å². The predicted octanol–water partition coefficient (Wildman–Crippen LogP) is 3.81. The van der Waals surface area contributed by atoms with Gasteiger partial charge >= 0.3 is 6.61 Å². The number of rotatable bonds is 4. The minimum Gasteiger partial charge on any atom is -0.434 e. The third-order valence-corrected chi connectivity index (χ3v) is 3.73. The van der Waals surface area contributed by atoms with E-state index in [9.17, 15) is 8.78 Å². The Morgan fingerprint density at radius 3 is 2.81 bits per heavy atom. The molecular formula is C14H11F2N3OS. The van der Waals surface area contributed by atoms with Gasteiger partial charge in [-0.1, -0.05) is 12.1 Å². The number of alkyl halides is 2. The number of ether oxygens (including phenoxy) is 1. The Kier molecular flexibility index (Phi) is 3.66. The van der Waals surface area contributed by atoms with E-state index in [2.05, 4.69) is 14.8 Å². The molecule has 0 saturated carbocycles. The Labute approximate surface area is 123 Å². The van der Waals surface area contributed by atoms with Gasteiger partial charge in [-0.05, 0) is 12.1 Å². The summed E-state index contributed by atoms with van der Waals surface area (Å²) in [4.78, 5) is 4.47. The zero-order chi connectivity index (χ0) is 14.8. The summed E-state index contributed by atoms with van der Waals surface area (Å²) < 4.78 is 31.1. The molecule has 0 radical (unpaired) electrons. The summed E-state index contributed by atoms with van der Waals surface area (Å²) in [6.45, 7) is -2.86. The van der Waals surface area contributed by atoms with E-state index in [0.29, 0.717) is 11.3 Å². The van der Waals surface area contributed by atoms with Crippen molar-refractivity contribution in [2.75, 3.05) is 0 Å². The van der Waals surface area contributed by atoms with Crippen molar-refractivity contribution < 1.29 is 13.5 Å². The van der Waals surface area contributed by atoms with Crippen LogP contribution in [0.1, 0.15) is 0 Å². The molecule has 0 aliphatic carbocycles. The normalized spacial score (nSPS) is 11.0. The largest absolute Gasteiger partial charge is 0.434 e. The predicted molar refractivity (Wildman–Crippen MR) is 76.4 cm³/mol. The number of benzene rings is 1. The maximum absolute atomic E-state index is 12.4. The van der Waals surface area contributed by atoms with E-state index in [1.807, 2.05) is 18.6 Å². The molecule has 0 atom stereocenters.